The van der Waals surface area contributed by atoms with Crippen molar-refractivity contribution in [2.45, 2.75) is 81.8 Å². The molecule has 5 aliphatic rings. The van der Waals surface area contributed by atoms with Gasteiger partial charge in [0, 0.05) is 31.6 Å². The van der Waals surface area contributed by atoms with E-state index in [0.29, 0.717) is 63.5 Å². The molecule has 3 heterocycles. The van der Waals surface area contributed by atoms with Crippen molar-refractivity contribution in [2.75, 3.05) is 39.8 Å². The van der Waals surface area contributed by atoms with Gasteiger partial charge in [-0.2, -0.15) is 5.26 Å². The van der Waals surface area contributed by atoms with Crippen LogP contribution in [-0.2, 0) is 20.7 Å². The number of carbonyl (C=O) groups excluding carboxylic acids is 2. The van der Waals surface area contributed by atoms with Crippen LogP contribution in [-0.4, -0.2) is 96.9 Å². The lowest BCUT2D eigenvalue weighted by Gasteiger charge is -2.55. The molecule has 1 saturated carbocycles. The number of nitriles is 1. The Labute approximate surface area is 248 Å². The number of carbonyl (C=O) groups is 2. The van der Waals surface area contributed by atoms with Crippen LogP contribution in [0, 0.1) is 22.7 Å². The lowest BCUT2D eigenvalue weighted by molar-refractivity contribution is -0.159. The van der Waals surface area contributed by atoms with Crippen LogP contribution in [0.15, 0.2) is 36.9 Å². The van der Waals surface area contributed by atoms with E-state index in [-0.39, 0.29) is 36.2 Å². The standard InChI is InChI=1S/C32H43FN6O3/c1-3-26(40)39-18-17-38(19-22(39)12-15-34)30-25-11-14-32(13-10-21-7-4-5-9-24(21)28(32)33)29(41)27(25)35-31(36-30)42-20-23-8-6-16-37(23)2/h3-5,7,9,22-23,25,27-28,30-31,35-36H,1,6,8,10-14,16-20H2,2H3. The number of halogens is 1. The summed E-state index contributed by atoms with van der Waals surface area (Å²) in [5, 5.41) is 16.6. The summed E-state index contributed by atoms with van der Waals surface area (Å²) < 4.78 is 22.8. The number of piperazine rings is 1. The first-order valence-electron chi connectivity index (χ1n) is 15.5. The second-order valence-electron chi connectivity index (χ2n) is 12.8. The first-order valence-corrected chi connectivity index (χ1v) is 15.5. The number of hydrogen-bond donors (Lipinski definition) is 2. The van der Waals surface area contributed by atoms with Crippen LogP contribution in [0.5, 0.6) is 0 Å². The van der Waals surface area contributed by atoms with Gasteiger partial charge in [-0.25, -0.2) is 4.39 Å². The minimum Gasteiger partial charge on any atom is -0.348 e. The van der Waals surface area contributed by atoms with Gasteiger partial charge in [0.15, 0.2) is 12.1 Å². The first-order chi connectivity index (χ1) is 20.4. The van der Waals surface area contributed by atoms with Gasteiger partial charge in [-0.15, -0.1) is 0 Å². The van der Waals surface area contributed by atoms with Crippen molar-refractivity contribution in [3.63, 3.8) is 0 Å². The molecule has 2 N–H and O–H groups in total. The van der Waals surface area contributed by atoms with Crippen LogP contribution < -0.4 is 10.6 Å². The lowest BCUT2D eigenvalue weighted by Crippen LogP contribution is -2.75. The van der Waals surface area contributed by atoms with Crippen molar-refractivity contribution >= 4 is 11.7 Å². The molecule has 1 amide bonds. The number of ketones is 1. The Bertz CT molecular complexity index is 1240. The van der Waals surface area contributed by atoms with E-state index in [1.807, 2.05) is 24.3 Å². The molecule has 0 bridgehead atoms. The van der Waals surface area contributed by atoms with Gasteiger partial charge in [0.1, 0.15) is 6.17 Å². The fourth-order valence-corrected chi connectivity index (χ4v) is 8.23. The molecule has 8 atom stereocenters. The lowest BCUT2D eigenvalue weighted by atomic mass is 9.58. The average Bonchev–Trinajstić information content (AvgIpc) is 3.43. The van der Waals surface area contributed by atoms with Gasteiger partial charge in [0.25, 0.3) is 0 Å². The quantitative estimate of drug-likeness (QED) is 0.497. The van der Waals surface area contributed by atoms with Crippen LogP contribution in [0.25, 0.3) is 0 Å². The number of likely N-dealkylation sites (N-methyl/N-ethyl adjacent to an activating group) is 1. The number of rotatable bonds is 6. The molecule has 3 saturated heterocycles. The topological polar surface area (TPSA) is 101 Å². The van der Waals surface area contributed by atoms with E-state index in [4.69, 9.17) is 4.74 Å². The molecule has 6 rings (SSSR count). The molecule has 3 aliphatic heterocycles. The monoisotopic (exact) mass is 578 g/mol. The van der Waals surface area contributed by atoms with E-state index in [1.54, 1.807) is 4.90 Å². The minimum atomic E-state index is -1.33. The highest BCUT2D eigenvalue weighted by molar-refractivity contribution is 5.92. The zero-order valence-electron chi connectivity index (χ0n) is 24.5. The van der Waals surface area contributed by atoms with E-state index in [2.05, 4.69) is 40.1 Å². The summed E-state index contributed by atoms with van der Waals surface area (Å²) in [4.78, 5) is 33.3. The van der Waals surface area contributed by atoms with Gasteiger partial charge in [0.2, 0.25) is 5.91 Å². The number of amides is 1. The highest BCUT2D eigenvalue weighted by Crippen LogP contribution is 2.54. The molecule has 8 unspecified atom stereocenters. The molecule has 1 aromatic rings. The maximum absolute atomic E-state index is 16.4. The number of Topliss-reactive ketones (excluding diaryl/α,β-unsaturated/α-hetero) is 1. The van der Waals surface area contributed by atoms with E-state index in [1.165, 1.54) is 6.08 Å². The van der Waals surface area contributed by atoms with E-state index in [9.17, 15) is 14.9 Å². The minimum absolute atomic E-state index is 0.0483. The number of aryl methyl sites for hydroxylation is 1. The number of likely N-dealkylation sites (tertiary alicyclic amines) is 1. The number of alkyl halides is 1. The molecule has 4 fully saturated rings. The number of ether oxygens (including phenoxy) is 1. The van der Waals surface area contributed by atoms with E-state index >= 15 is 4.39 Å². The Hall–Kier alpha value is -2.68. The van der Waals surface area contributed by atoms with Crippen LogP contribution in [0.2, 0.25) is 0 Å². The molecule has 10 heteroatoms. The molecule has 226 valence electrons. The van der Waals surface area contributed by atoms with Crippen LogP contribution in [0.1, 0.15) is 55.8 Å². The summed E-state index contributed by atoms with van der Waals surface area (Å²) in [5.74, 6) is -0.312. The van der Waals surface area contributed by atoms with Gasteiger partial charge in [0.05, 0.1) is 42.8 Å². The second-order valence-corrected chi connectivity index (χ2v) is 12.8. The Morgan fingerprint density at radius 3 is 2.81 bits per heavy atom. The predicted octanol–water partition coefficient (Wildman–Crippen LogP) is 2.50. The summed E-state index contributed by atoms with van der Waals surface area (Å²) in [6, 6.07) is 9.33. The molecule has 1 spiro atoms. The van der Waals surface area contributed by atoms with Gasteiger partial charge in [-0.1, -0.05) is 30.8 Å². The summed E-state index contributed by atoms with van der Waals surface area (Å²) in [5.41, 5.74) is 0.610. The largest absolute Gasteiger partial charge is 0.348 e. The molecule has 0 aromatic heterocycles. The fourth-order valence-electron chi connectivity index (χ4n) is 8.23. The Morgan fingerprint density at radius 2 is 2.05 bits per heavy atom. The van der Waals surface area contributed by atoms with Gasteiger partial charge in [-0.05, 0) is 69.3 Å². The van der Waals surface area contributed by atoms with Crippen LogP contribution in [0.4, 0.5) is 4.39 Å². The van der Waals surface area contributed by atoms with Crippen molar-refractivity contribution in [3.05, 3.63) is 48.0 Å². The zero-order valence-corrected chi connectivity index (χ0v) is 24.5. The Morgan fingerprint density at radius 1 is 1.21 bits per heavy atom. The maximum atomic E-state index is 16.4. The maximum Gasteiger partial charge on any atom is 0.246 e. The summed E-state index contributed by atoms with van der Waals surface area (Å²) in [7, 11) is 2.11. The zero-order chi connectivity index (χ0) is 29.4. The molecular formula is C32H43FN6O3. The molecule has 2 aliphatic carbocycles. The summed E-state index contributed by atoms with van der Waals surface area (Å²) >= 11 is 0. The number of nitrogens with zero attached hydrogens (tertiary/aromatic N) is 4. The van der Waals surface area contributed by atoms with Crippen LogP contribution >= 0.6 is 0 Å². The average molecular weight is 579 g/mol. The SMILES string of the molecule is C=CC(=O)N1CCN(C2NC(OCC3CCCN3C)NC3C(=O)C4(CCc5ccccc5C4F)CCC32)CC1CC#N. The second kappa shape index (κ2) is 12.1. The molecule has 9 nitrogen and oxygen atoms in total. The van der Waals surface area contributed by atoms with Crippen molar-refractivity contribution < 1.29 is 18.7 Å². The third-order valence-electron chi connectivity index (χ3n) is 10.7. The molecule has 1 aromatic carbocycles. The van der Waals surface area contributed by atoms with Gasteiger partial charge < -0.3 is 14.5 Å². The van der Waals surface area contributed by atoms with E-state index in [0.717, 1.165) is 24.9 Å². The van der Waals surface area contributed by atoms with Gasteiger partial charge >= 0.3 is 0 Å². The summed E-state index contributed by atoms with van der Waals surface area (Å²) in [6.07, 6.45) is 4.02. The predicted molar refractivity (Wildman–Crippen MR) is 156 cm³/mol. The molecule has 42 heavy (non-hydrogen) atoms. The first kappa shape index (κ1) is 29.4. The molecule has 0 radical (unpaired) electrons. The third kappa shape index (κ3) is 5.20. The Balaban J connectivity index is 1.26. The smallest absolute Gasteiger partial charge is 0.246 e. The Kier molecular flexibility index (Phi) is 8.49. The van der Waals surface area contributed by atoms with E-state index < -0.39 is 24.0 Å². The highest BCUT2D eigenvalue weighted by Gasteiger charge is 2.59. The summed E-state index contributed by atoms with van der Waals surface area (Å²) in [6.45, 7) is 6.78. The molecular weight excluding hydrogens is 535 g/mol. The number of fused-ring (bicyclic) bond motifs is 2. The number of hydrogen-bond acceptors (Lipinski definition) is 8. The van der Waals surface area contributed by atoms with Crippen molar-refractivity contribution in [3.8, 4) is 6.07 Å². The van der Waals surface area contributed by atoms with Crippen molar-refractivity contribution in [1.29, 1.82) is 5.26 Å². The van der Waals surface area contributed by atoms with Gasteiger partial charge in [-0.3, -0.25) is 25.1 Å². The highest BCUT2D eigenvalue weighted by atomic mass is 19.1. The fraction of sp³-hybridized carbons (Fsp3) is 0.656. The number of nitrogens with one attached hydrogen (secondary N) is 2. The normalized spacial score (nSPS) is 37.2. The third-order valence-corrected chi connectivity index (χ3v) is 10.7. The van der Waals surface area contributed by atoms with Crippen molar-refractivity contribution in [1.82, 2.24) is 25.3 Å². The van der Waals surface area contributed by atoms with Crippen LogP contribution in [0.3, 0.4) is 0 Å². The number of benzene rings is 1. The van der Waals surface area contributed by atoms with Crippen molar-refractivity contribution in [2.24, 2.45) is 11.3 Å².